The zero-order valence-corrected chi connectivity index (χ0v) is 14.8. The van der Waals surface area contributed by atoms with Crippen LogP contribution in [0.15, 0.2) is 69.9 Å². The van der Waals surface area contributed by atoms with Crippen LogP contribution >= 0.6 is 0 Å². The number of carbonyl (C=O) groups is 1. The minimum atomic E-state index is -1.03. The number of carboxylic acids is 1. The molecule has 0 saturated carbocycles. The monoisotopic (exact) mass is 358 g/mol. The number of carboxylic acid groups (broad SMARTS) is 1. The average molecular weight is 358 g/mol. The lowest BCUT2D eigenvalue weighted by atomic mass is 9.84. The van der Waals surface area contributed by atoms with Crippen molar-refractivity contribution in [3.05, 3.63) is 70.6 Å². The van der Waals surface area contributed by atoms with Gasteiger partial charge in [0.05, 0.1) is 6.42 Å². The van der Waals surface area contributed by atoms with Crippen molar-refractivity contribution in [2.75, 3.05) is 6.26 Å². The Hall–Kier alpha value is -2.11. The van der Waals surface area contributed by atoms with Crippen LogP contribution in [0.25, 0.3) is 6.08 Å². The maximum atomic E-state index is 13.7. The third-order valence-corrected chi connectivity index (χ3v) is 5.68. The standard InChI is InChI=1S/C20H19FO3S/c1-12-17(9-13-3-6-15(7-4-13)25(2)24)16-8-5-14(21)10-19(16)18(12)11-20(22)23/h3-10,16,19H,11H2,1-2H3,(H,22,23)/b17-9-. The van der Waals surface area contributed by atoms with E-state index in [-0.39, 0.29) is 24.1 Å². The molecular weight excluding hydrogens is 339 g/mol. The van der Waals surface area contributed by atoms with E-state index in [0.29, 0.717) is 0 Å². The molecule has 0 radical (unpaired) electrons. The van der Waals surface area contributed by atoms with Crippen LogP contribution in [0.5, 0.6) is 0 Å². The molecule has 1 N–H and O–H groups in total. The fraction of sp³-hybridized carbons (Fsp3) is 0.250. The minimum Gasteiger partial charge on any atom is -0.612 e. The van der Waals surface area contributed by atoms with Crippen LogP contribution in [0, 0.1) is 11.8 Å². The zero-order chi connectivity index (χ0) is 18.1. The highest BCUT2D eigenvalue weighted by Crippen LogP contribution is 2.47. The van der Waals surface area contributed by atoms with Gasteiger partial charge in [0.2, 0.25) is 0 Å². The van der Waals surface area contributed by atoms with E-state index in [1.165, 1.54) is 12.2 Å². The Morgan fingerprint density at radius 3 is 2.60 bits per heavy atom. The van der Waals surface area contributed by atoms with Crippen LogP contribution in [0.2, 0.25) is 0 Å². The highest BCUT2D eigenvalue weighted by molar-refractivity contribution is 7.90. The van der Waals surface area contributed by atoms with Crippen molar-refractivity contribution >= 4 is 23.2 Å². The summed E-state index contributed by atoms with van der Waals surface area (Å²) < 4.78 is 25.2. The molecule has 2 aliphatic rings. The van der Waals surface area contributed by atoms with Crippen molar-refractivity contribution in [2.24, 2.45) is 11.8 Å². The highest BCUT2D eigenvalue weighted by atomic mass is 32.2. The van der Waals surface area contributed by atoms with Crippen LogP contribution < -0.4 is 0 Å². The molecule has 2 aliphatic carbocycles. The first kappa shape index (κ1) is 17.7. The number of hydrogen-bond donors (Lipinski definition) is 1. The zero-order valence-electron chi connectivity index (χ0n) is 14.0. The van der Waals surface area contributed by atoms with Gasteiger partial charge < -0.3 is 9.66 Å². The maximum Gasteiger partial charge on any atom is 0.307 e. The van der Waals surface area contributed by atoms with E-state index in [0.717, 1.165) is 27.2 Å². The van der Waals surface area contributed by atoms with Crippen LogP contribution in [0.1, 0.15) is 18.9 Å². The normalized spacial score (nSPS) is 25.1. The van der Waals surface area contributed by atoms with Crippen LogP contribution in [0.3, 0.4) is 0 Å². The van der Waals surface area contributed by atoms with Gasteiger partial charge in [-0.2, -0.15) is 0 Å². The molecule has 3 atom stereocenters. The summed E-state index contributed by atoms with van der Waals surface area (Å²) in [6.45, 7) is 1.90. The molecule has 0 aliphatic heterocycles. The Kier molecular flexibility index (Phi) is 4.97. The van der Waals surface area contributed by atoms with Crippen molar-refractivity contribution in [3.63, 3.8) is 0 Å². The van der Waals surface area contributed by atoms with E-state index < -0.39 is 17.1 Å². The second kappa shape index (κ2) is 7.02. The van der Waals surface area contributed by atoms with E-state index in [1.807, 2.05) is 37.3 Å². The van der Waals surface area contributed by atoms with Gasteiger partial charge in [0, 0.05) is 11.8 Å². The molecule has 0 aromatic heterocycles. The molecule has 0 fully saturated rings. The smallest absolute Gasteiger partial charge is 0.307 e. The minimum absolute atomic E-state index is 0.0474. The van der Waals surface area contributed by atoms with Crippen molar-refractivity contribution in [1.29, 1.82) is 0 Å². The summed E-state index contributed by atoms with van der Waals surface area (Å²) in [6, 6.07) is 7.43. The molecule has 5 heteroatoms. The Bertz CT molecular complexity index is 816. The van der Waals surface area contributed by atoms with Crippen LogP contribution in [-0.2, 0) is 16.0 Å². The van der Waals surface area contributed by atoms with E-state index in [4.69, 9.17) is 0 Å². The Balaban J connectivity index is 2.00. The molecule has 0 amide bonds. The largest absolute Gasteiger partial charge is 0.612 e. The first-order valence-corrected chi connectivity index (χ1v) is 9.55. The van der Waals surface area contributed by atoms with Gasteiger partial charge in [-0.3, -0.25) is 4.79 Å². The van der Waals surface area contributed by atoms with Gasteiger partial charge in [-0.1, -0.05) is 12.2 Å². The van der Waals surface area contributed by atoms with Crippen molar-refractivity contribution in [1.82, 2.24) is 0 Å². The number of allylic oxidation sites excluding steroid dienone is 6. The third kappa shape index (κ3) is 3.62. The molecule has 0 saturated heterocycles. The van der Waals surface area contributed by atoms with Gasteiger partial charge in [-0.05, 0) is 76.8 Å². The summed E-state index contributed by atoms with van der Waals surface area (Å²) >= 11 is -1.03. The molecule has 0 heterocycles. The predicted molar refractivity (Wildman–Crippen MR) is 97.0 cm³/mol. The quantitative estimate of drug-likeness (QED) is 0.818. The number of hydrogen-bond acceptors (Lipinski definition) is 2. The molecular formula is C20H19FO3S. The van der Waals surface area contributed by atoms with E-state index in [1.54, 1.807) is 12.3 Å². The summed E-state index contributed by atoms with van der Waals surface area (Å²) in [7, 11) is 0. The van der Waals surface area contributed by atoms with Crippen molar-refractivity contribution in [3.8, 4) is 0 Å². The summed E-state index contributed by atoms with van der Waals surface area (Å²) in [5, 5.41) is 9.19. The van der Waals surface area contributed by atoms with Crippen molar-refractivity contribution < 1.29 is 18.8 Å². The number of fused-ring (bicyclic) bond motifs is 1. The highest BCUT2D eigenvalue weighted by Gasteiger charge is 2.36. The Morgan fingerprint density at radius 1 is 1.32 bits per heavy atom. The number of rotatable bonds is 4. The lowest BCUT2D eigenvalue weighted by molar-refractivity contribution is -0.136. The number of halogens is 1. The van der Waals surface area contributed by atoms with Gasteiger partial charge in [0.1, 0.15) is 12.1 Å². The molecule has 3 nitrogen and oxygen atoms in total. The lowest BCUT2D eigenvalue weighted by Crippen LogP contribution is -2.13. The molecule has 1 aromatic rings. The lowest BCUT2D eigenvalue weighted by Gasteiger charge is -2.20. The molecule has 0 bridgehead atoms. The van der Waals surface area contributed by atoms with Gasteiger partial charge >= 0.3 is 5.97 Å². The van der Waals surface area contributed by atoms with Gasteiger partial charge in [-0.15, -0.1) is 0 Å². The third-order valence-electron chi connectivity index (χ3n) is 4.74. The summed E-state index contributed by atoms with van der Waals surface area (Å²) in [5.41, 5.74) is 3.62. The average Bonchev–Trinajstić information content (AvgIpc) is 2.80. The van der Waals surface area contributed by atoms with E-state index >= 15 is 0 Å². The van der Waals surface area contributed by atoms with Crippen LogP contribution in [0.4, 0.5) is 4.39 Å². The van der Waals surface area contributed by atoms with Crippen LogP contribution in [-0.4, -0.2) is 21.9 Å². The summed E-state index contributed by atoms with van der Waals surface area (Å²) in [4.78, 5) is 12.0. The molecule has 3 unspecified atom stereocenters. The molecule has 3 rings (SSSR count). The molecule has 1 aromatic carbocycles. The maximum absolute atomic E-state index is 13.7. The van der Waals surface area contributed by atoms with Gasteiger partial charge in [0.15, 0.2) is 4.90 Å². The number of aliphatic carboxylic acids is 1. The Morgan fingerprint density at radius 2 is 2.00 bits per heavy atom. The Labute approximate surface area is 149 Å². The molecule has 130 valence electrons. The fourth-order valence-corrected chi connectivity index (χ4v) is 4.02. The van der Waals surface area contributed by atoms with Gasteiger partial charge in [0.25, 0.3) is 0 Å². The second-order valence-corrected chi connectivity index (χ2v) is 7.69. The van der Waals surface area contributed by atoms with E-state index in [2.05, 4.69) is 0 Å². The van der Waals surface area contributed by atoms with Gasteiger partial charge in [-0.25, -0.2) is 4.39 Å². The summed E-state index contributed by atoms with van der Waals surface area (Å²) in [5.74, 6) is -1.52. The van der Waals surface area contributed by atoms with E-state index in [9.17, 15) is 18.8 Å². The fourth-order valence-electron chi connectivity index (χ4n) is 3.50. The SMILES string of the molecule is CC1=C(CC(=O)O)C2C=C(F)C=CC2/C1=C\c1ccc([S+](C)[O-])cc1. The van der Waals surface area contributed by atoms with Crippen molar-refractivity contribution in [2.45, 2.75) is 18.2 Å². The summed E-state index contributed by atoms with van der Waals surface area (Å²) in [6.07, 6.45) is 8.31. The topological polar surface area (TPSA) is 60.4 Å². The molecule has 0 spiro atoms. The first-order valence-electron chi connectivity index (χ1n) is 7.99. The predicted octanol–water partition coefficient (Wildman–Crippen LogP) is 4.27. The first-order chi connectivity index (χ1) is 11.9. The second-order valence-electron chi connectivity index (χ2n) is 6.31. The molecule has 25 heavy (non-hydrogen) atoms. The number of benzene rings is 1.